The molecule has 1 saturated heterocycles. The highest BCUT2D eigenvalue weighted by Crippen LogP contribution is 2.32. The molecule has 4 rings (SSSR count). The molecular formula is C20H19N3O3S. The van der Waals surface area contributed by atoms with E-state index < -0.39 is 5.97 Å². The van der Waals surface area contributed by atoms with E-state index in [1.165, 1.54) is 11.3 Å². The van der Waals surface area contributed by atoms with Gasteiger partial charge in [-0.3, -0.25) is 4.79 Å². The number of aromatic nitrogens is 1. The molecule has 1 fully saturated rings. The number of amides is 1. The molecule has 1 amide bonds. The minimum absolute atomic E-state index is 0.00514. The average molecular weight is 381 g/mol. The second kappa shape index (κ2) is 7.36. The van der Waals surface area contributed by atoms with Crippen LogP contribution in [0, 0.1) is 5.92 Å². The van der Waals surface area contributed by atoms with E-state index in [0.29, 0.717) is 0 Å². The number of hydrogen-bond donors (Lipinski definition) is 2. The van der Waals surface area contributed by atoms with Gasteiger partial charge in [-0.1, -0.05) is 29.5 Å². The van der Waals surface area contributed by atoms with Crippen molar-refractivity contribution in [2.45, 2.75) is 12.8 Å². The van der Waals surface area contributed by atoms with E-state index in [2.05, 4.69) is 15.2 Å². The number of carboxylic acid groups (broad SMARTS) is 1. The van der Waals surface area contributed by atoms with Gasteiger partial charge in [-0.05, 0) is 43.2 Å². The Balaban J connectivity index is 1.41. The minimum atomic E-state index is -0.933. The lowest BCUT2D eigenvalue weighted by molar-refractivity contribution is -0.120. The summed E-state index contributed by atoms with van der Waals surface area (Å²) < 4.78 is 0.869. The van der Waals surface area contributed by atoms with Crippen LogP contribution in [0.1, 0.15) is 23.2 Å². The van der Waals surface area contributed by atoms with E-state index >= 15 is 0 Å². The summed E-state index contributed by atoms with van der Waals surface area (Å²) in [6.07, 6.45) is 1.55. The van der Waals surface area contributed by atoms with Gasteiger partial charge in [0.1, 0.15) is 0 Å². The number of benzene rings is 2. The van der Waals surface area contributed by atoms with Crippen LogP contribution in [0.3, 0.4) is 0 Å². The van der Waals surface area contributed by atoms with Gasteiger partial charge in [0.15, 0.2) is 5.13 Å². The summed E-state index contributed by atoms with van der Waals surface area (Å²) in [5.74, 6) is -0.872. The van der Waals surface area contributed by atoms with Gasteiger partial charge in [0, 0.05) is 24.7 Å². The molecule has 2 N–H and O–H groups in total. The number of thiazole rings is 1. The van der Waals surface area contributed by atoms with Crippen LogP contribution in [0.15, 0.2) is 48.5 Å². The molecule has 3 aromatic rings. The Morgan fingerprint density at radius 2 is 1.85 bits per heavy atom. The third-order valence-electron chi connectivity index (χ3n) is 4.80. The predicted molar refractivity (Wildman–Crippen MR) is 107 cm³/mol. The molecule has 0 atom stereocenters. The van der Waals surface area contributed by atoms with Crippen LogP contribution in [0.4, 0.5) is 10.8 Å². The number of rotatable bonds is 4. The molecule has 0 aliphatic carbocycles. The van der Waals surface area contributed by atoms with Crippen LogP contribution in [0.5, 0.6) is 0 Å². The van der Waals surface area contributed by atoms with Gasteiger partial charge in [-0.25, -0.2) is 9.78 Å². The Bertz CT molecular complexity index is 979. The van der Waals surface area contributed by atoms with Crippen molar-refractivity contribution in [2.24, 2.45) is 5.92 Å². The number of hydrogen-bond acceptors (Lipinski definition) is 5. The second-order valence-electron chi connectivity index (χ2n) is 6.60. The highest BCUT2D eigenvalue weighted by Gasteiger charge is 2.26. The summed E-state index contributed by atoms with van der Waals surface area (Å²) in [6, 6.07) is 14.5. The summed E-state index contributed by atoms with van der Waals surface area (Å²) >= 11 is 1.50. The Hall–Kier alpha value is -2.93. The van der Waals surface area contributed by atoms with Crippen molar-refractivity contribution in [3.8, 4) is 0 Å². The van der Waals surface area contributed by atoms with E-state index in [0.717, 1.165) is 47.0 Å². The first-order chi connectivity index (χ1) is 13.1. The number of para-hydroxylation sites is 1. The van der Waals surface area contributed by atoms with Crippen molar-refractivity contribution in [2.75, 3.05) is 23.3 Å². The fourth-order valence-electron chi connectivity index (χ4n) is 3.28. The number of nitrogens with zero attached hydrogens (tertiary/aromatic N) is 2. The molecule has 0 radical (unpaired) electrons. The lowest BCUT2D eigenvalue weighted by Crippen LogP contribution is -2.38. The standard InChI is InChI=1S/C20H19N3O3S/c24-18(21-15-4-2-1-3-5-15)13-8-10-23(11-9-13)20-22-16-7-6-14(19(25)26)12-17(16)27-20/h1-7,12-13H,8-11H2,(H,21,24)(H,25,26). The summed E-state index contributed by atoms with van der Waals surface area (Å²) in [5, 5.41) is 13.0. The van der Waals surface area contributed by atoms with E-state index in [4.69, 9.17) is 5.11 Å². The lowest BCUT2D eigenvalue weighted by Gasteiger charge is -2.31. The maximum Gasteiger partial charge on any atom is 0.335 e. The van der Waals surface area contributed by atoms with Gasteiger partial charge in [-0.15, -0.1) is 0 Å². The summed E-state index contributed by atoms with van der Waals surface area (Å²) in [6.45, 7) is 1.52. The van der Waals surface area contributed by atoms with Crippen molar-refractivity contribution >= 4 is 44.2 Å². The third kappa shape index (κ3) is 3.78. The van der Waals surface area contributed by atoms with Gasteiger partial charge in [0.05, 0.1) is 15.8 Å². The molecule has 6 nitrogen and oxygen atoms in total. The van der Waals surface area contributed by atoms with Crippen LogP contribution >= 0.6 is 11.3 Å². The number of piperidine rings is 1. The van der Waals surface area contributed by atoms with E-state index in [1.807, 2.05) is 30.3 Å². The number of carbonyl (C=O) groups is 2. The number of fused-ring (bicyclic) bond motifs is 1. The molecule has 0 unspecified atom stereocenters. The van der Waals surface area contributed by atoms with Crippen molar-refractivity contribution in [3.63, 3.8) is 0 Å². The van der Waals surface area contributed by atoms with Crippen molar-refractivity contribution in [1.29, 1.82) is 0 Å². The average Bonchev–Trinajstić information content (AvgIpc) is 3.12. The highest BCUT2D eigenvalue weighted by molar-refractivity contribution is 7.22. The van der Waals surface area contributed by atoms with Crippen molar-refractivity contribution < 1.29 is 14.7 Å². The number of aromatic carboxylic acids is 1. The van der Waals surface area contributed by atoms with Gasteiger partial charge in [0.25, 0.3) is 0 Å². The maximum atomic E-state index is 12.5. The third-order valence-corrected chi connectivity index (χ3v) is 5.88. The zero-order chi connectivity index (χ0) is 18.8. The Morgan fingerprint density at radius 1 is 1.11 bits per heavy atom. The molecule has 0 saturated carbocycles. The molecule has 2 aromatic carbocycles. The van der Waals surface area contributed by atoms with Crippen LogP contribution in [-0.4, -0.2) is 35.1 Å². The monoisotopic (exact) mass is 381 g/mol. The van der Waals surface area contributed by atoms with E-state index in [-0.39, 0.29) is 17.4 Å². The van der Waals surface area contributed by atoms with Crippen molar-refractivity contribution in [1.82, 2.24) is 4.98 Å². The van der Waals surface area contributed by atoms with Gasteiger partial charge in [-0.2, -0.15) is 0 Å². The second-order valence-corrected chi connectivity index (χ2v) is 7.61. The van der Waals surface area contributed by atoms with Crippen LogP contribution in [0.25, 0.3) is 10.2 Å². The number of carboxylic acids is 1. The first-order valence-electron chi connectivity index (χ1n) is 8.85. The predicted octanol–water partition coefficient (Wildman–Crippen LogP) is 3.85. The fraction of sp³-hybridized carbons (Fsp3) is 0.250. The van der Waals surface area contributed by atoms with E-state index in [9.17, 15) is 9.59 Å². The molecule has 1 aliphatic rings. The zero-order valence-electron chi connectivity index (χ0n) is 14.6. The van der Waals surface area contributed by atoms with Gasteiger partial charge < -0.3 is 15.3 Å². The Morgan fingerprint density at radius 3 is 2.56 bits per heavy atom. The first kappa shape index (κ1) is 17.5. The highest BCUT2D eigenvalue weighted by atomic mass is 32.1. The smallest absolute Gasteiger partial charge is 0.335 e. The first-order valence-corrected chi connectivity index (χ1v) is 9.66. The van der Waals surface area contributed by atoms with Crippen LogP contribution < -0.4 is 10.2 Å². The molecule has 138 valence electrons. The van der Waals surface area contributed by atoms with Gasteiger partial charge >= 0.3 is 5.97 Å². The topological polar surface area (TPSA) is 82.5 Å². The van der Waals surface area contributed by atoms with Crippen LogP contribution in [-0.2, 0) is 4.79 Å². The molecule has 2 heterocycles. The molecule has 0 spiro atoms. The van der Waals surface area contributed by atoms with E-state index in [1.54, 1.807) is 18.2 Å². The van der Waals surface area contributed by atoms with Crippen molar-refractivity contribution in [3.05, 3.63) is 54.1 Å². The normalized spacial score (nSPS) is 15.0. The summed E-state index contributed by atoms with van der Waals surface area (Å²) in [5.41, 5.74) is 1.91. The number of carbonyl (C=O) groups excluding carboxylic acids is 1. The number of nitrogens with one attached hydrogen (secondary N) is 1. The summed E-state index contributed by atoms with van der Waals surface area (Å²) in [7, 11) is 0. The molecule has 27 heavy (non-hydrogen) atoms. The quantitative estimate of drug-likeness (QED) is 0.717. The molecule has 0 bridgehead atoms. The summed E-state index contributed by atoms with van der Waals surface area (Å²) in [4.78, 5) is 30.4. The van der Waals surface area contributed by atoms with Crippen LogP contribution in [0.2, 0.25) is 0 Å². The SMILES string of the molecule is O=C(O)c1ccc2nc(N3CCC(C(=O)Nc4ccccc4)CC3)sc2c1. The van der Waals surface area contributed by atoms with Gasteiger partial charge in [0.2, 0.25) is 5.91 Å². The fourth-order valence-corrected chi connectivity index (χ4v) is 4.34. The number of anilines is 2. The lowest BCUT2D eigenvalue weighted by atomic mass is 9.96. The molecule has 1 aromatic heterocycles. The zero-order valence-corrected chi connectivity index (χ0v) is 15.4. The minimum Gasteiger partial charge on any atom is -0.478 e. The molecule has 7 heteroatoms. The largest absolute Gasteiger partial charge is 0.478 e. The maximum absolute atomic E-state index is 12.5. The Kier molecular flexibility index (Phi) is 4.77. The molecular weight excluding hydrogens is 362 g/mol. The molecule has 1 aliphatic heterocycles. The Labute approximate surface area is 160 Å².